The monoisotopic (exact) mass is 378 g/mol. The van der Waals surface area contributed by atoms with Crippen LogP contribution in [0.1, 0.15) is 20.7 Å². The van der Waals surface area contributed by atoms with Crippen LogP contribution in [0.3, 0.4) is 0 Å². The maximum Gasteiger partial charge on any atom is 2.00 e. The Balaban J connectivity index is 0.00000161. The molecule has 0 spiro atoms. The van der Waals surface area contributed by atoms with Gasteiger partial charge in [0, 0.05) is 11.1 Å². The second-order valence-corrected chi connectivity index (χ2v) is 4.42. The molecule has 0 aliphatic heterocycles. The quantitative estimate of drug-likeness (QED) is 0.487. The van der Waals surface area contributed by atoms with E-state index in [1.54, 1.807) is 48.5 Å². The van der Waals surface area contributed by atoms with E-state index in [0.29, 0.717) is 21.5 Å². The molecule has 0 radical (unpaired) electrons. The SMILES string of the molecule is O=C([O-])c1c2ccccc2c(C(=O)[O-])c2ccccc12.[Cd+2]. The summed E-state index contributed by atoms with van der Waals surface area (Å²) in [4.78, 5) is 22.9. The van der Waals surface area contributed by atoms with E-state index < -0.39 is 11.9 Å². The molecule has 0 fully saturated rings. The fourth-order valence-corrected chi connectivity index (χ4v) is 2.57. The topological polar surface area (TPSA) is 80.3 Å². The van der Waals surface area contributed by atoms with Crippen molar-refractivity contribution in [3.63, 3.8) is 0 Å². The van der Waals surface area contributed by atoms with E-state index in [0.717, 1.165) is 0 Å². The molecule has 0 heterocycles. The average molecular weight is 377 g/mol. The van der Waals surface area contributed by atoms with Gasteiger partial charge in [-0.2, -0.15) is 0 Å². The van der Waals surface area contributed by atoms with Crippen LogP contribution in [0.15, 0.2) is 48.5 Å². The Bertz CT molecular complexity index is 742. The summed E-state index contributed by atoms with van der Waals surface area (Å²) in [5, 5.41) is 24.2. The van der Waals surface area contributed by atoms with Crippen molar-refractivity contribution in [2.45, 2.75) is 0 Å². The van der Waals surface area contributed by atoms with Crippen LogP contribution in [0.5, 0.6) is 0 Å². The first kappa shape index (κ1) is 15.4. The standard InChI is InChI=1S/C16H10O4.Cd/c17-15(18)13-9-5-1-2-6-10(9)14(16(19)20)12-8-4-3-7-11(12)13;/h1-8H,(H,17,18)(H,19,20);/q;+2/p-2. The number of aromatic carboxylic acids is 2. The molecule has 0 amide bonds. The Hall–Kier alpha value is -1.96. The molecule has 5 heteroatoms. The third kappa shape index (κ3) is 2.39. The number of carbonyl (C=O) groups excluding carboxylic acids is 2. The van der Waals surface area contributed by atoms with E-state index in [2.05, 4.69) is 0 Å². The molecule has 0 saturated heterocycles. The molecule has 3 aromatic carbocycles. The van der Waals surface area contributed by atoms with Gasteiger partial charge in [-0.15, -0.1) is 0 Å². The molecular formula is C16H8CdO4. The number of rotatable bonds is 2. The van der Waals surface area contributed by atoms with Crippen LogP contribution >= 0.6 is 0 Å². The van der Waals surface area contributed by atoms with Gasteiger partial charge in [-0.1, -0.05) is 48.5 Å². The zero-order valence-corrected chi connectivity index (χ0v) is 15.0. The summed E-state index contributed by atoms with van der Waals surface area (Å²) in [6.07, 6.45) is 0. The van der Waals surface area contributed by atoms with Crippen molar-refractivity contribution in [1.82, 2.24) is 0 Å². The molecule has 0 saturated carbocycles. The molecule has 0 unspecified atom stereocenters. The smallest absolute Gasteiger partial charge is 0.545 e. The number of fused-ring (bicyclic) bond motifs is 2. The summed E-state index contributed by atoms with van der Waals surface area (Å²) >= 11 is 0. The largest absolute Gasteiger partial charge is 2.00 e. The Labute approximate surface area is 140 Å². The second kappa shape index (κ2) is 5.81. The maximum absolute atomic E-state index is 11.4. The predicted molar refractivity (Wildman–Crippen MR) is 70.1 cm³/mol. The summed E-state index contributed by atoms with van der Waals surface area (Å²) in [6, 6.07) is 12.9. The van der Waals surface area contributed by atoms with Crippen LogP contribution in [0.25, 0.3) is 21.5 Å². The fourth-order valence-electron chi connectivity index (χ4n) is 2.57. The van der Waals surface area contributed by atoms with Crippen molar-refractivity contribution in [2.75, 3.05) is 0 Å². The third-order valence-corrected chi connectivity index (χ3v) is 3.34. The Kier molecular flexibility index (Phi) is 4.27. The Morgan fingerprint density at radius 2 is 0.857 bits per heavy atom. The van der Waals surface area contributed by atoms with Crippen LogP contribution in [0.4, 0.5) is 0 Å². The summed E-state index contributed by atoms with van der Waals surface area (Å²) in [5.41, 5.74) is 0.00222. The zero-order valence-electron chi connectivity index (χ0n) is 11.0. The van der Waals surface area contributed by atoms with Gasteiger partial charge in [0.05, 0.1) is 11.9 Å². The van der Waals surface area contributed by atoms with Crippen molar-refractivity contribution >= 4 is 33.5 Å². The van der Waals surface area contributed by atoms with Gasteiger partial charge in [-0.3, -0.25) is 0 Å². The van der Waals surface area contributed by atoms with E-state index in [-0.39, 0.29) is 38.4 Å². The minimum atomic E-state index is -1.33. The molecule has 21 heavy (non-hydrogen) atoms. The zero-order chi connectivity index (χ0) is 14.3. The van der Waals surface area contributed by atoms with Gasteiger partial charge in [0.1, 0.15) is 0 Å². The molecule has 0 aliphatic rings. The van der Waals surface area contributed by atoms with Gasteiger partial charge in [-0.05, 0) is 21.5 Å². The van der Waals surface area contributed by atoms with Gasteiger partial charge in [0.2, 0.25) is 0 Å². The third-order valence-electron chi connectivity index (χ3n) is 3.34. The summed E-state index contributed by atoms with van der Waals surface area (Å²) in [6.45, 7) is 0. The van der Waals surface area contributed by atoms with Gasteiger partial charge in [-0.25, -0.2) is 0 Å². The first-order valence-electron chi connectivity index (χ1n) is 5.97. The molecule has 0 aromatic heterocycles. The van der Waals surface area contributed by atoms with Crippen molar-refractivity contribution in [1.29, 1.82) is 0 Å². The van der Waals surface area contributed by atoms with Crippen molar-refractivity contribution in [3.05, 3.63) is 59.7 Å². The first-order chi connectivity index (χ1) is 9.61. The minimum Gasteiger partial charge on any atom is -0.545 e. The van der Waals surface area contributed by atoms with Crippen LogP contribution in [-0.2, 0) is 27.3 Å². The number of carboxylic acids is 2. The molecule has 0 bridgehead atoms. The number of carbonyl (C=O) groups is 2. The van der Waals surface area contributed by atoms with E-state index in [1.165, 1.54) is 0 Å². The number of carboxylic acid groups (broad SMARTS) is 2. The van der Waals surface area contributed by atoms with E-state index in [1.807, 2.05) is 0 Å². The van der Waals surface area contributed by atoms with Crippen LogP contribution in [0, 0.1) is 0 Å². The summed E-state index contributed by atoms with van der Waals surface area (Å²) < 4.78 is 0. The molecule has 0 aliphatic carbocycles. The molecule has 3 aromatic rings. The van der Waals surface area contributed by atoms with Gasteiger partial charge < -0.3 is 19.8 Å². The van der Waals surface area contributed by atoms with Crippen molar-refractivity contribution in [2.24, 2.45) is 0 Å². The fraction of sp³-hybridized carbons (Fsp3) is 0. The van der Waals surface area contributed by atoms with Gasteiger partial charge in [0.15, 0.2) is 0 Å². The predicted octanol–water partition coefficient (Wildman–Crippen LogP) is 0.718. The molecule has 4 nitrogen and oxygen atoms in total. The molecule has 0 N–H and O–H groups in total. The number of hydrogen-bond acceptors (Lipinski definition) is 4. The maximum atomic E-state index is 11.4. The van der Waals surface area contributed by atoms with Crippen molar-refractivity contribution in [3.8, 4) is 0 Å². The van der Waals surface area contributed by atoms with Crippen LogP contribution < -0.4 is 10.2 Å². The van der Waals surface area contributed by atoms with Gasteiger partial charge >= 0.3 is 27.3 Å². The molecule has 98 valence electrons. The average Bonchev–Trinajstić information content (AvgIpc) is 2.43. The molecule has 0 atom stereocenters. The van der Waals surface area contributed by atoms with Crippen LogP contribution in [0.2, 0.25) is 0 Å². The van der Waals surface area contributed by atoms with E-state index in [9.17, 15) is 19.8 Å². The van der Waals surface area contributed by atoms with Crippen LogP contribution in [-0.4, -0.2) is 11.9 Å². The molecule has 3 rings (SSSR count). The normalized spacial score (nSPS) is 10.3. The summed E-state index contributed by atoms with van der Waals surface area (Å²) in [7, 11) is 0. The summed E-state index contributed by atoms with van der Waals surface area (Å²) in [5.74, 6) is -2.66. The Morgan fingerprint density at radius 3 is 1.05 bits per heavy atom. The van der Waals surface area contributed by atoms with E-state index in [4.69, 9.17) is 0 Å². The molecular weight excluding hydrogens is 369 g/mol. The Morgan fingerprint density at radius 1 is 0.619 bits per heavy atom. The van der Waals surface area contributed by atoms with Crippen molar-refractivity contribution < 1.29 is 47.1 Å². The van der Waals surface area contributed by atoms with E-state index >= 15 is 0 Å². The van der Waals surface area contributed by atoms with Gasteiger partial charge in [0.25, 0.3) is 0 Å². The second-order valence-electron chi connectivity index (χ2n) is 4.42. The minimum absolute atomic E-state index is 0. The first-order valence-corrected chi connectivity index (χ1v) is 5.97. The number of benzene rings is 3. The number of hydrogen-bond donors (Lipinski definition) is 0.